The van der Waals surface area contributed by atoms with E-state index in [0.717, 1.165) is 25.1 Å². The van der Waals surface area contributed by atoms with E-state index in [1.807, 2.05) is 0 Å². The normalized spacial score (nSPS) is 19.4. The minimum absolute atomic E-state index is 0.257. The van der Waals surface area contributed by atoms with Crippen molar-refractivity contribution < 1.29 is 4.74 Å². The van der Waals surface area contributed by atoms with Crippen molar-refractivity contribution in [2.45, 2.75) is 57.5 Å². The summed E-state index contributed by atoms with van der Waals surface area (Å²) in [5.41, 5.74) is 4.04. The Morgan fingerprint density at radius 2 is 2.25 bits per heavy atom. The van der Waals surface area contributed by atoms with Gasteiger partial charge in [0, 0.05) is 32.4 Å². The summed E-state index contributed by atoms with van der Waals surface area (Å²) < 4.78 is 7.33. The number of hydrogen-bond acceptors (Lipinski definition) is 4. The van der Waals surface area contributed by atoms with E-state index >= 15 is 0 Å². The number of hydrogen-bond donors (Lipinski definition) is 2. The van der Waals surface area contributed by atoms with Crippen molar-refractivity contribution in [1.29, 1.82) is 0 Å². The molecule has 1 aromatic heterocycles. The zero-order chi connectivity index (χ0) is 14.4. The van der Waals surface area contributed by atoms with Crippen LogP contribution >= 0.6 is 0 Å². The van der Waals surface area contributed by atoms with Crippen molar-refractivity contribution >= 4 is 0 Å². The van der Waals surface area contributed by atoms with Crippen molar-refractivity contribution in [1.82, 2.24) is 15.2 Å². The number of hydrazine groups is 1. The first-order valence-corrected chi connectivity index (χ1v) is 7.72. The summed E-state index contributed by atoms with van der Waals surface area (Å²) in [6.07, 6.45) is 9.21. The SMILES string of the molecule is COCC(C)CC(Cc1ccn(C2CCCC2)n1)NN. The molecule has 0 saturated heterocycles. The van der Waals surface area contributed by atoms with Gasteiger partial charge in [0.1, 0.15) is 0 Å². The first kappa shape index (κ1) is 15.5. The fourth-order valence-electron chi connectivity index (χ4n) is 3.16. The highest BCUT2D eigenvalue weighted by Gasteiger charge is 2.19. The van der Waals surface area contributed by atoms with Gasteiger partial charge >= 0.3 is 0 Å². The second-order valence-electron chi connectivity index (χ2n) is 6.09. The van der Waals surface area contributed by atoms with E-state index in [2.05, 4.69) is 29.3 Å². The fraction of sp³-hybridized carbons (Fsp3) is 0.800. The van der Waals surface area contributed by atoms with Crippen molar-refractivity contribution in [3.63, 3.8) is 0 Å². The Labute approximate surface area is 121 Å². The molecule has 1 fully saturated rings. The molecular formula is C15H28N4O. The van der Waals surface area contributed by atoms with E-state index in [4.69, 9.17) is 15.7 Å². The van der Waals surface area contributed by atoms with Gasteiger partial charge in [-0.2, -0.15) is 5.10 Å². The molecule has 20 heavy (non-hydrogen) atoms. The summed E-state index contributed by atoms with van der Waals surface area (Å²) in [4.78, 5) is 0. The summed E-state index contributed by atoms with van der Waals surface area (Å²) in [5.74, 6) is 6.17. The van der Waals surface area contributed by atoms with Crippen LogP contribution in [-0.4, -0.2) is 29.5 Å². The van der Waals surface area contributed by atoms with Crippen LogP contribution in [0.2, 0.25) is 0 Å². The number of nitrogens with one attached hydrogen (secondary N) is 1. The second-order valence-corrected chi connectivity index (χ2v) is 6.09. The number of nitrogens with two attached hydrogens (primary N) is 1. The van der Waals surface area contributed by atoms with Gasteiger partial charge in [0.25, 0.3) is 0 Å². The quantitative estimate of drug-likeness (QED) is 0.565. The zero-order valence-corrected chi connectivity index (χ0v) is 12.7. The number of nitrogens with zero attached hydrogens (tertiary/aromatic N) is 2. The minimum atomic E-state index is 0.257. The van der Waals surface area contributed by atoms with Gasteiger partial charge in [0.2, 0.25) is 0 Å². The first-order chi connectivity index (χ1) is 9.72. The molecule has 5 nitrogen and oxygen atoms in total. The monoisotopic (exact) mass is 280 g/mol. The molecule has 114 valence electrons. The van der Waals surface area contributed by atoms with E-state index in [0.29, 0.717) is 12.0 Å². The summed E-state index contributed by atoms with van der Waals surface area (Å²) in [6.45, 7) is 2.96. The van der Waals surface area contributed by atoms with Gasteiger partial charge in [-0.3, -0.25) is 16.0 Å². The van der Waals surface area contributed by atoms with Gasteiger partial charge < -0.3 is 4.74 Å². The third-order valence-electron chi connectivity index (χ3n) is 4.19. The first-order valence-electron chi connectivity index (χ1n) is 7.72. The van der Waals surface area contributed by atoms with Gasteiger partial charge in [-0.25, -0.2) is 0 Å². The Bertz CT molecular complexity index is 387. The molecule has 2 rings (SSSR count). The third kappa shape index (κ3) is 4.30. The molecule has 1 aliphatic rings. The van der Waals surface area contributed by atoms with Gasteiger partial charge in [0.05, 0.1) is 11.7 Å². The number of aromatic nitrogens is 2. The zero-order valence-electron chi connectivity index (χ0n) is 12.7. The maximum absolute atomic E-state index is 5.67. The lowest BCUT2D eigenvalue weighted by Gasteiger charge is -2.19. The number of methoxy groups -OCH3 is 1. The summed E-state index contributed by atoms with van der Waals surface area (Å²) in [5, 5.41) is 4.72. The predicted molar refractivity (Wildman–Crippen MR) is 80.2 cm³/mol. The maximum atomic E-state index is 5.67. The molecule has 0 bridgehead atoms. The van der Waals surface area contributed by atoms with E-state index in [1.165, 1.54) is 25.7 Å². The fourth-order valence-corrected chi connectivity index (χ4v) is 3.16. The van der Waals surface area contributed by atoms with Crippen LogP contribution in [0.25, 0.3) is 0 Å². The lowest BCUT2D eigenvalue weighted by atomic mass is 9.99. The highest BCUT2D eigenvalue weighted by Crippen LogP contribution is 2.28. The van der Waals surface area contributed by atoms with Crippen LogP contribution in [0.4, 0.5) is 0 Å². The average Bonchev–Trinajstić information content (AvgIpc) is 3.08. The Balaban J connectivity index is 1.87. The van der Waals surface area contributed by atoms with Gasteiger partial charge in [-0.05, 0) is 31.2 Å². The van der Waals surface area contributed by atoms with Crippen LogP contribution in [0, 0.1) is 5.92 Å². The van der Waals surface area contributed by atoms with Crippen molar-refractivity contribution in [3.05, 3.63) is 18.0 Å². The van der Waals surface area contributed by atoms with E-state index < -0.39 is 0 Å². The average molecular weight is 280 g/mol. The molecule has 1 aromatic rings. The van der Waals surface area contributed by atoms with Gasteiger partial charge in [-0.15, -0.1) is 0 Å². The molecule has 2 unspecified atom stereocenters. The van der Waals surface area contributed by atoms with Crippen molar-refractivity contribution in [2.75, 3.05) is 13.7 Å². The smallest absolute Gasteiger partial charge is 0.0640 e. The molecule has 3 N–H and O–H groups in total. The summed E-state index contributed by atoms with van der Waals surface area (Å²) >= 11 is 0. The van der Waals surface area contributed by atoms with Crippen LogP contribution in [0.3, 0.4) is 0 Å². The van der Waals surface area contributed by atoms with Crippen LogP contribution in [-0.2, 0) is 11.2 Å². The molecule has 5 heteroatoms. The standard InChI is InChI=1S/C15H28N4O/c1-12(11-20-2)9-14(17-16)10-13-7-8-19(18-13)15-5-3-4-6-15/h7-8,12,14-15,17H,3-6,9-11,16H2,1-2H3. The number of ether oxygens (including phenoxy) is 1. The second kappa shape index (κ2) is 7.76. The Morgan fingerprint density at radius 1 is 1.50 bits per heavy atom. The Morgan fingerprint density at radius 3 is 2.90 bits per heavy atom. The lowest BCUT2D eigenvalue weighted by Crippen LogP contribution is -2.38. The minimum Gasteiger partial charge on any atom is -0.384 e. The lowest BCUT2D eigenvalue weighted by molar-refractivity contribution is 0.149. The summed E-state index contributed by atoms with van der Waals surface area (Å²) in [7, 11) is 1.74. The van der Waals surface area contributed by atoms with Crippen LogP contribution in [0.5, 0.6) is 0 Å². The predicted octanol–water partition coefficient (Wildman–Crippen LogP) is 2.05. The van der Waals surface area contributed by atoms with E-state index in [9.17, 15) is 0 Å². The maximum Gasteiger partial charge on any atom is 0.0640 e. The van der Waals surface area contributed by atoms with Crippen LogP contribution < -0.4 is 11.3 Å². The molecular weight excluding hydrogens is 252 g/mol. The van der Waals surface area contributed by atoms with E-state index in [1.54, 1.807) is 7.11 Å². The topological polar surface area (TPSA) is 65.1 Å². The molecule has 0 aliphatic heterocycles. The van der Waals surface area contributed by atoms with Crippen LogP contribution in [0.1, 0.15) is 50.8 Å². The van der Waals surface area contributed by atoms with Crippen LogP contribution in [0.15, 0.2) is 12.3 Å². The molecule has 2 atom stereocenters. The molecule has 0 amide bonds. The highest BCUT2D eigenvalue weighted by atomic mass is 16.5. The van der Waals surface area contributed by atoms with Crippen molar-refractivity contribution in [3.8, 4) is 0 Å². The van der Waals surface area contributed by atoms with E-state index in [-0.39, 0.29) is 6.04 Å². The van der Waals surface area contributed by atoms with Crippen molar-refractivity contribution in [2.24, 2.45) is 11.8 Å². The molecule has 1 heterocycles. The molecule has 1 saturated carbocycles. The molecule has 0 aromatic carbocycles. The number of rotatable bonds is 8. The van der Waals surface area contributed by atoms with Gasteiger partial charge in [0.15, 0.2) is 0 Å². The largest absolute Gasteiger partial charge is 0.384 e. The molecule has 0 spiro atoms. The Hall–Kier alpha value is -0.910. The molecule has 1 aliphatic carbocycles. The Kier molecular flexibility index (Phi) is 6.01. The molecule has 0 radical (unpaired) electrons. The highest BCUT2D eigenvalue weighted by molar-refractivity contribution is 5.02. The van der Waals surface area contributed by atoms with Gasteiger partial charge in [-0.1, -0.05) is 19.8 Å². The summed E-state index contributed by atoms with van der Waals surface area (Å²) in [6, 6.07) is 3.00. The third-order valence-corrected chi connectivity index (χ3v) is 4.19.